The molecule has 4 aromatic rings. The number of halogens is 3. The van der Waals surface area contributed by atoms with E-state index in [9.17, 15) is 22.8 Å². The highest BCUT2D eigenvalue weighted by molar-refractivity contribution is 7.12. The Morgan fingerprint density at radius 1 is 1.03 bits per heavy atom. The van der Waals surface area contributed by atoms with Crippen LogP contribution in [-0.2, 0) is 11.0 Å². The highest BCUT2D eigenvalue weighted by atomic mass is 32.1. The number of amides is 2. The fourth-order valence-corrected chi connectivity index (χ4v) is 4.52. The Balaban J connectivity index is 1.43. The zero-order valence-electron chi connectivity index (χ0n) is 18.9. The smallest absolute Gasteiger partial charge is 0.326 e. The Morgan fingerprint density at radius 2 is 1.75 bits per heavy atom. The lowest BCUT2D eigenvalue weighted by Crippen LogP contribution is -2.39. The van der Waals surface area contributed by atoms with Crippen LogP contribution in [0.15, 0.2) is 78.3 Å². The number of alkyl halides is 3. The Morgan fingerprint density at radius 3 is 2.36 bits per heavy atom. The minimum Gasteiger partial charge on any atom is -0.326 e. The number of nitrogens with one attached hydrogen (secondary N) is 1. The lowest BCUT2D eigenvalue weighted by Gasteiger charge is -2.21. The minimum atomic E-state index is -4.46. The number of carbonyl (C=O) groups excluding carboxylic acids is 2. The molecule has 0 saturated heterocycles. The summed E-state index contributed by atoms with van der Waals surface area (Å²) in [5, 5.41) is 4.57. The van der Waals surface area contributed by atoms with Gasteiger partial charge in [-0.3, -0.25) is 19.5 Å². The molecule has 0 radical (unpaired) electrons. The molecule has 2 heterocycles. The summed E-state index contributed by atoms with van der Waals surface area (Å²) in [7, 11) is 0. The Labute approximate surface area is 209 Å². The summed E-state index contributed by atoms with van der Waals surface area (Å²) in [5.41, 5.74) is 0.958. The molecule has 10 heteroatoms. The first-order valence-corrected chi connectivity index (χ1v) is 12.1. The molecule has 36 heavy (non-hydrogen) atoms. The van der Waals surface area contributed by atoms with E-state index in [1.54, 1.807) is 23.2 Å². The van der Waals surface area contributed by atoms with Gasteiger partial charge in [0.2, 0.25) is 11.9 Å². The monoisotopic (exact) mass is 510 g/mol. The van der Waals surface area contributed by atoms with E-state index in [1.807, 2.05) is 35.7 Å². The van der Waals surface area contributed by atoms with Crippen molar-refractivity contribution < 1.29 is 22.8 Å². The van der Waals surface area contributed by atoms with E-state index < -0.39 is 17.6 Å². The highest BCUT2D eigenvalue weighted by Gasteiger charge is 2.35. The average molecular weight is 511 g/mol. The number of carbonyl (C=O) groups is 2. The number of hydrogen-bond acceptors (Lipinski definition) is 4. The molecular weight excluding hydrogens is 489 g/mol. The van der Waals surface area contributed by atoms with Crippen molar-refractivity contribution in [3.63, 3.8) is 0 Å². The number of imidazole rings is 1. The normalized spacial score (nSPS) is 13.4. The number of thiophene rings is 1. The van der Waals surface area contributed by atoms with Crippen molar-refractivity contribution in [2.24, 2.45) is 0 Å². The summed E-state index contributed by atoms with van der Waals surface area (Å²) >= 11 is 1.32. The maximum Gasteiger partial charge on any atom is 0.416 e. The van der Waals surface area contributed by atoms with Gasteiger partial charge in [0.05, 0.1) is 16.1 Å². The molecule has 2 amide bonds. The van der Waals surface area contributed by atoms with Crippen molar-refractivity contribution in [2.45, 2.75) is 25.1 Å². The van der Waals surface area contributed by atoms with E-state index in [0.717, 1.165) is 30.5 Å². The van der Waals surface area contributed by atoms with Gasteiger partial charge in [0, 0.05) is 23.5 Å². The van der Waals surface area contributed by atoms with Gasteiger partial charge in [-0.05, 0) is 48.6 Å². The molecular formula is C26H21F3N4O2S. The molecule has 0 unspecified atom stereocenters. The van der Waals surface area contributed by atoms with E-state index >= 15 is 0 Å². The van der Waals surface area contributed by atoms with E-state index in [2.05, 4.69) is 10.3 Å². The second-order valence-corrected chi connectivity index (χ2v) is 9.37. The average Bonchev–Trinajstić information content (AvgIpc) is 3.38. The predicted molar refractivity (Wildman–Crippen MR) is 131 cm³/mol. The largest absolute Gasteiger partial charge is 0.416 e. The van der Waals surface area contributed by atoms with Crippen LogP contribution in [0.1, 0.15) is 28.1 Å². The van der Waals surface area contributed by atoms with Gasteiger partial charge >= 0.3 is 6.18 Å². The highest BCUT2D eigenvalue weighted by Crippen LogP contribution is 2.32. The maximum absolute atomic E-state index is 13.1. The molecule has 5 rings (SSSR count). The van der Waals surface area contributed by atoms with E-state index in [1.165, 1.54) is 28.0 Å². The Hall–Kier alpha value is -3.92. The fourth-order valence-electron chi connectivity index (χ4n) is 3.84. The molecule has 0 aliphatic heterocycles. The maximum atomic E-state index is 13.1. The van der Waals surface area contributed by atoms with E-state index in [4.69, 9.17) is 0 Å². The van der Waals surface area contributed by atoms with Crippen molar-refractivity contribution in [2.75, 3.05) is 11.9 Å². The molecule has 2 aromatic heterocycles. The summed E-state index contributed by atoms with van der Waals surface area (Å²) in [6.07, 6.45) is -1.13. The van der Waals surface area contributed by atoms with Crippen LogP contribution < -0.4 is 5.32 Å². The lowest BCUT2D eigenvalue weighted by atomic mass is 10.2. The third kappa shape index (κ3) is 5.18. The zero-order chi connectivity index (χ0) is 25.3. The molecule has 1 N–H and O–H groups in total. The number of aromatic nitrogens is 2. The molecule has 1 fully saturated rings. The van der Waals surface area contributed by atoms with Gasteiger partial charge < -0.3 is 4.90 Å². The van der Waals surface area contributed by atoms with Gasteiger partial charge in [-0.2, -0.15) is 13.2 Å². The summed E-state index contributed by atoms with van der Waals surface area (Å²) in [6.45, 7) is -0.151. The topological polar surface area (TPSA) is 67.2 Å². The second-order valence-electron chi connectivity index (χ2n) is 8.42. The fraction of sp³-hybridized carbons (Fsp3) is 0.192. The number of nitrogens with zero attached hydrogens (tertiary/aromatic N) is 3. The summed E-state index contributed by atoms with van der Waals surface area (Å²) in [5.74, 6) is -0.484. The van der Waals surface area contributed by atoms with Crippen LogP contribution in [0.5, 0.6) is 0 Å². The zero-order valence-corrected chi connectivity index (χ0v) is 19.7. The first-order valence-electron chi connectivity index (χ1n) is 11.3. The summed E-state index contributed by atoms with van der Waals surface area (Å²) in [4.78, 5) is 32.6. The van der Waals surface area contributed by atoms with E-state index in [-0.39, 0.29) is 24.4 Å². The van der Waals surface area contributed by atoms with Crippen LogP contribution in [-0.4, -0.2) is 38.9 Å². The van der Waals surface area contributed by atoms with Crippen LogP contribution in [0.25, 0.3) is 16.9 Å². The van der Waals surface area contributed by atoms with Crippen LogP contribution in [0.4, 0.5) is 19.1 Å². The molecule has 0 spiro atoms. The Bertz CT molecular complexity index is 1360. The number of hydrogen-bond donors (Lipinski definition) is 1. The van der Waals surface area contributed by atoms with Gasteiger partial charge in [0.25, 0.3) is 5.91 Å². The molecule has 1 aliphatic carbocycles. The first-order chi connectivity index (χ1) is 17.3. The van der Waals surface area contributed by atoms with Crippen molar-refractivity contribution in [1.29, 1.82) is 0 Å². The van der Waals surface area contributed by atoms with Crippen LogP contribution in [0.3, 0.4) is 0 Å². The molecule has 1 aliphatic rings. The van der Waals surface area contributed by atoms with E-state index in [0.29, 0.717) is 16.3 Å². The van der Waals surface area contributed by atoms with Gasteiger partial charge in [-0.25, -0.2) is 4.98 Å². The molecule has 0 bridgehead atoms. The van der Waals surface area contributed by atoms with Crippen molar-refractivity contribution >= 4 is 29.1 Å². The van der Waals surface area contributed by atoms with Gasteiger partial charge in [-0.15, -0.1) is 11.3 Å². The van der Waals surface area contributed by atoms with Gasteiger partial charge in [-0.1, -0.05) is 36.4 Å². The van der Waals surface area contributed by atoms with Crippen LogP contribution >= 0.6 is 11.3 Å². The van der Waals surface area contributed by atoms with Crippen molar-refractivity contribution in [3.05, 3.63) is 88.7 Å². The third-order valence-corrected chi connectivity index (χ3v) is 6.65. The molecule has 184 valence electrons. The number of rotatable bonds is 7. The second kappa shape index (κ2) is 9.62. The van der Waals surface area contributed by atoms with Gasteiger partial charge in [0.1, 0.15) is 6.54 Å². The standard InChI is InChI=1S/C26H21F3N4O2S/c27-26(28,29)18-8-10-20(11-9-18)33-15-21(17-5-2-1-3-6-17)30-25(33)31-23(34)16-32(19-12-13-19)24(35)22-7-4-14-36-22/h1-11,14-15,19H,12-13,16H2,(H,30,31,34). The SMILES string of the molecule is O=C(CN(C(=O)c1cccs1)C1CC1)Nc1nc(-c2ccccc2)cn1-c1ccc(C(F)(F)F)cc1. The third-order valence-electron chi connectivity index (χ3n) is 5.79. The molecule has 1 saturated carbocycles. The van der Waals surface area contributed by atoms with Gasteiger partial charge in [0.15, 0.2) is 0 Å². The predicted octanol–water partition coefficient (Wildman–Crippen LogP) is 5.86. The lowest BCUT2D eigenvalue weighted by molar-refractivity contribution is -0.137. The quantitative estimate of drug-likeness (QED) is 0.339. The molecule has 0 atom stereocenters. The number of anilines is 1. The van der Waals surface area contributed by atoms with Crippen molar-refractivity contribution in [3.8, 4) is 16.9 Å². The summed E-state index contributed by atoms with van der Waals surface area (Å²) in [6, 6.07) is 17.4. The minimum absolute atomic E-state index is 0.0138. The molecule has 6 nitrogen and oxygen atoms in total. The Kier molecular flexibility index (Phi) is 6.36. The van der Waals surface area contributed by atoms with Crippen LogP contribution in [0, 0.1) is 0 Å². The summed E-state index contributed by atoms with van der Waals surface area (Å²) < 4.78 is 40.7. The first kappa shape index (κ1) is 23.8. The van der Waals surface area contributed by atoms with Crippen LogP contribution in [0.2, 0.25) is 0 Å². The molecule has 2 aromatic carbocycles. The number of benzene rings is 2. The van der Waals surface area contributed by atoms with Crippen molar-refractivity contribution in [1.82, 2.24) is 14.5 Å².